The molecule has 1 amide bonds. The molecule has 1 heterocycles. The number of carbonyl (C=O) groups excluding carboxylic acids is 1. The lowest BCUT2D eigenvalue weighted by molar-refractivity contribution is -0.118. The molecule has 2 atom stereocenters. The molecule has 2 rings (SSSR count). The zero-order valence-corrected chi connectivity index (χ0v) is 12.2. The Morgan fingerprint density at radius 3 is 3.00 bits per heavy atom. The van der Waals surface area contributed by atoms with Crippen LogP contribution in [0.25, 0.3) is 0 Å². The molecular formula is C15H22N2O3. The van der Waals surface area contributed by atoms with Crippen LogP contribution in [0.2, 0.25) is 0 Å². The van der Waals surface area contributed by atoms with Gasteiger partial charge < -0.3 is 20.5 Å². The van der Waals surface area contributed by atoms with Gasteiger partial charge in [0.05, 0.1) is 7.11 Å². The predicted molar refractivity (Wildman–Crippen MR) is 76.9 cm³/mol. The van der Waals surface area contributed by atoms with Gasteiger partial charge in [-0.05, 0) is 26.0 Å². The first-order valence-electron chi connectivity index (χ1n) is 6.87. The van der Waals surface area contributed by atoms with Crippen LogP contribution >= 0.6 is 0 Å². The van der Waals surface area contributed by atoms with Crippen molar-refractivity contribution in [1.82, 2.24) is 5.32 Å². The summed E-state index contributed by atoms with van der Waals surface area (Å²) in [4.78, 5) is 10.9. The van der Waals surface area contributed by atoms with Crippen molar-refractivity contribution in [3.63, 3.8) is 0 Å². The molecule has 1 aromatic carbocycles. The van der Waals surface area contributed by atoms with Crippen LogP contribution in [-0.4, -0.2) is 25.2 Å². The Morgan fingerprint density at radius 2 is 2.35 bits per heavy atom. The number of ether oxygens (including phenoxy) is 2. The average Bonchev–Trinajstić information content (AvgIpc) is 2.73. The molecule has 5 nitrogen and oxygen atoms in total. The highest BCUT2D eigenvalue weighted by atomic mass is 16.5. The molecule has 0 fully saturated rings. The van der Waals surface area contributed by atoms with Crippen molar-refractivity contribution in [2.45, 2.75) is 45.4 Å². The van der Waals surface area contributed by atoms with Gasteiger partial charge in [-0.25, -0.2) is 0 Å². The molecule has 0 spiro atoms. The van der Waals surface area contributed by atoms with Gasteiger partial charge in [0.2, 0.25) is 5.91 Å². The second kappa shape index (κ2) is 6.13. The van der Waals surface area contributed by atoms with Crippen LogP contribution in [0, 0.1) is 0 Å². The largest absolute Gasteiger partial charge is 0.496 e. The molecule has 3 N–H and O–H groups in total. The lowest BCUT2D eigenvalue weighted by atomic mass is 10.1. The first-order valence-corrected chi connectivity index (χ1v) is 6.87. The van der Waals surface area contributed by atoms with Crippen molar-refractivity contribution < 1.29 is 14.3 Å². The van der Waals surface area contributed by atoms with Crippen LogP contribution in [0.4, 0.5) is 0 Å². The summed E-state index contributed by atoms with van der Waals surface area (Å²) in [6, 6.07) is 4.08. The number of fused-ring (bicyclic) bond motifs is 1. The normalized spacial score (nSPS) is 18.2. The molecule has 2 unspecified atom stereocenters. The van der Waals surface area contributed by atoms with Gasteiger partial charge in [-0.3, -0.25) is 4.79 Å². The maximum absolute atomic E-state index is 10.9. The third-order valence-corrected chi connectivity index (χ3v) is 3.45. The molecule has 5 heteroatoms. The third kappa shape index (κ3) is 3.42. The highest BCUT2D eigenvalue weighted by molar-refractivity contribution is 5.74. The Bertz CT molecular complexity index is 502. The van der Waals surface area contributed by atoms with Gasteiger partial charge in [0.15, 0.2) is 0 Å². The van der Waals surface area contributed by atoms with E-state index >= 15 is 0 Å². The van der Waals surface area contributed by atoms with Crippen LogP contribution in [0.1, 0.15) is 31.4 Å². The minimum Gasteiger partial charge on any atom is -0.496 e. The number of amides is 1. The Kier molecular flexibility index (Phi) is 4.49. The first kappa shape index (κ1) is 14.7. The van der Waals surface area contributed by atoms with Gasteiger partial charge in [-0.1, -0.05) is 0 Å². The summed E-state index contributed by atoms with van der Waals surface area (Å²) in [7, 11) is 1.66. The number of primary amides is 1. The minimum atomic E-state index is -0.303. The monoisotopic (exact) mass is 278 g/mol. The molecule has 0 saturated carbocycles. The van der Waals surface area contributed by atoms with E-state index in [1.165, 1.54) is 5.56 Å². The van der Waals surface area contributed by atoms with E-state index in [2.05, 4.69) is 12.2 Å². The second-order valence-electron chi connectivity index (χ2n) is 5.36. The number of hydrogen-bond donors (Lipinski definition) is 2. The highest BCUT2D eigenvalue weighted by Crippen LogP contribution is 2.34. The standard InChI is InChI=1S/C15H22N2O3/c1-9(4-15(16)18)17-8-12-7-14-11(5-10(2)20-14)6-13(12)19-3/h6-7,9-10,17H,4-5,8H2,1-3H3,(H2,16,18). The topological polar surface area (TPSA) is 73.6 Å². The summed E-state index contributed by atoms with van der Waals surface area (Å²) in [5, 5.41) is 3.27. The number of rotatable bonds is 6. The fourth-order valence-corrected chi connectivity index (χ4v) is 2.47. The number of methoxy groups -OCH3 is 1. The Balaban J connectivity index is 2.08. The molecule has 1 aliphatic heterocycles. The third-order valence-electron chi connectivity index (χ3n) is 3.45. The summed E-state index contributed by atoms with van der Waals surface area (Å²) in [5.74, 6) is 1.47. The fraction of sp³-hybridized carbons (Fsp3) is 0.533. The van der Waals surface area contributed by atoms with Crippen molar-refractivity contribution in [2.24, 2.45) is 5.73 Å². The van der Waals surface area contributed by atoms with Crippen molar-refractivity contribution in [3.05, 3.63) is 23.3 Å². The fourth-order valence-electron chi connectivity index (χ4n) is 2.47. The summed E-state index contributed by atoms with van der Waals surface area (Å²) < 4.78 is 11.2. The molecule has 1 aromatic rings. The molecule has 110 valence electrons. The number of nitrogens with two attached hydrogens (primary N) is 1. The van der Waals surface area contributed by atoms with Gasteiger partial charge in [0, 0.05) is 36.6 Å². The summed E-state index contributed by atoms with van der Waals surface area (Å²) in [6.45, 7) is 4.60. The van der Waals surface area contributed by atoms with E-state index in [-0.39, 0.29) is 18.1 Å². The van der Waals surface area contributed by atoms with Crippen molar-refractivity contribution in [3.8, 4) is 11.5 Å². The van der Waals surface area contributed by atoms with Gasteiger partial charge in [0.25, 0.3) is 0 Å². The van der Waals surface area contributed by atoms with E-state index < -0.39 is 0 Å². The molecular weight excluding hydrogens is 256 g/mol. The maximum Gasteiger partial charge on any atom is 0.218 e. The number of nitrogens with one attached hydrogen (secondary N) is 1. The predicted octanol–water partition coefficient (Wildman–Crippen LogP) is 1.37. The summed E-state index contributed by atoms with van der Waals surface area (Å²) >= 11 is 0. The van der Waals surface area contributed by atoms with Gasteiger partial charge in [-0.2, -0.15) is 0 Å². The van der Waals surface area contributed by atoms with E-state index in [0.717, 1.165) is 23.5 Å². The Hall–Kier alpha value is -1.75. The number of benzene rings is 1. The summed E-state index contributed by atoms with van der Waals surface area (Å²) in [6.07, 6.45) is 1.45. The zero-order chi connectivity index (χ0) is 14.7. The van der Waals surface area contributed by atoms with E-state index in [1.54, 1.807) is 7.11 Å². The second-order valence-corrected chi connectivity index (χ2v) is 5.36. The lowest BCUT2D eigenvalue weighted by Gasteiger charge is -2.15. The van der Waals surface area contributed by atoms with E-state index in [1.807, 2.05) is 19.1 Å². The molecule has 0 aliphatic carbocycles. The summed E-state index contributed by atoms with van der Waals surface area (Å²) in [5.41, 5.74) is 7.39. The SMILES string of the molecule is COc1cc2c(cc1CNC(C)CC(N)=O)OC(C)C2. The Morgan fingerprint density at radius 1 is 1.60 bits per heavy atom. The molecule has 0 bridgehead atoms. The van der Waals surface area contributed by atoms with Crippen LogP contribution < -0.4 is 20.5 Å². The van der Waals surface area contributed by atoms with E-state index in [9.17, 15) is 4.79 Å². The van der Waals surface area contributed by atoms with Crippen molar-refractivity contribution >= 4 is 5.91 Å². The van der Waals surface area contributed by atoms with Crippen molar-refractivity contribution in [2.75, 3.05) is 7.11 Å². The highest BCUT2D eigenvalue weighted by Gasteiger charge is 2.21. The Labute approximate surface area is 119 Å². The molecule has 0 aromatic heterocycles. The maximum atomic E-state index is 10.9. The van der Waals surface area contributed by atoms with Crippen LogP contribution in [0.5, 0.6) is 11.5 Å². The lowest BCUT2D eigenvalue weighted by Crippen LogP contribution is -2.30. The molecule has 1 aliphatic rings. The number of hydrogen-bond acceptors (Lipinski definition) is 4. The van der Waals surface area contributed by atoms with Crippen LogP contribution in [-0.2, 0) is 17.8 Å². The van der Waals surface area contributed by atoms with Crippen LogP contribution in [0.3, 0.4) is 0 Å². The van der Waals surface area contributed by atoms with E-state index in [4.69, 9.17) is 15.2 Å². The van der Waals surface area contributed by atoms with Gasteiger partial charge >= 0.3 is 0 Å². The van der Waals surface area contributed by atoms with Gasteiger partial charge in [0.1, 0.15) is 17.6 Å². The quantitative estimate of drug-likeness (QED) is 0.824. The zero-order valence-electron chi connectivity index (χ0n) is 12.2. The minimum absolute atomic E-state index is 0.0327. The van der Waals surface area contributed by atoms with Crippen molar-refractivity contribution in [1.29, 1.82) is 0 Å². The average molecular weight is 278 g/mol. The molecule has 0 saturated heterocycles. The van der Waals surface area contributed by atoms with Crippen LogP contribution in [0.15, 0.2) is 12.1 Å². The number of carbonyl (C=O) groups is 1. The molecule has 0 radical (unpaired) electrons. The van der Waals surface area contributed by atoms with Gasteiger partial charge in [-0.15, -0.1) is 0 Å². The molecule has 20 heavy (non-hydrogen) atoms. The first-order chi connectivity index (χ1) is 9.49. The smallest absolute Gasteiger partial charge is 0.218 e. The van der Waals surface area contributed by atoms with E-state index in [0.29, 0.717) is 13.0 Å².